The van der Waals surface area contributed by atoms with Crippen molar-refractivity contribution in [3.05, 3.63) is 0 Å². The fraction of sp³-hybridized carbons (Fsp3) is 0.727. The van der Waals surface area contributed by atoms with E-state index in [0.717, 1.165) is 0 Å². The normalized spacial score (nSPS) is 11.2. The zero-order valence-corrected chi connectivity index (χ0v) is 11.3. The Bertz CT molecular complexity index is 354. The van der Waals surface area contributed by atoms with Gasteiger partial charge in [0.15, 0.2) is 0 Å². The number of aliphatic hydroxyl groups is 1. The number of hydrogen-bond donors (Lipinski definition) is 3. The molecular formula is C11H21N5O2. The van der Waals surface area contributed by atoms with Crippen molar-refractivity contribution in [2.75, 3.05) is 30.3 Å². The molecule has 0 aliphatic heterocycles. The quantitative estimate of drug-likeness (QED) is 0.666. The smallest absolute Gasteiger partial charge is 0.323 e. The minimum atomic E-state index is -0.837. The highest BCUT2D eigenvalue weighted by Crippen LogP contribution is 2.12. The Hall–Kier alpha value is -1.63. The fourth-order valence-corrected chi connectivity index (χ4v) is 1.16. The van der Waals surface area contributed by atoms with Gasteiger partial charge >= 0.3 is 6.01 Å². The summed E-state index contributed by atoms with van der Waals surface area (Å²) in [7, 11) is 0. The highest BCUT2D eigenvalue weighted by Gasteiger charge is 2.14. The van der Waals surface area contributed by atoms with Crippen LogP contribution in [0, 0.1) is 0 Å². The lowest BCUT2D eigenvalue weighted by Gasteiger charge is -2.17. The average Bonchev–Trinajstić information content (AvgIpc) is 2.26. The van der Waals surface area contributed by atoms with Crippen molar-refractivity contribution in [1.82, 2.24) is 15.0 Å². The maximum atomic E-state index is 9.64. The van der Waals surface area contributed by atoms with Crippen LogP contribution in [0.5, 0.6) is 6.01 Å². The molecule has 7 nitrogen and oxygen atoms in total. The summed E-state index contributed by atoms with van der Waals surface area (Å²) in [5.41, 5.74) is -0.837. The van der Waals surface area contributed by atoms with Gasteiger partial charge in [-0.25, -0.2) is 0 Å². The zero-order chi connectivity index (χ0) is 13.6. The van der Waals surface area contributed by atoms with E-state index >= 15 is 0 Å². The molecule has 0 radical (unpaired) electrons. The third-order valence-electron chi connectivity index (χ3n) is 1.90. The van der Waals surface area contributed by atoms with Crippen LogP contribution in [-0.2, 0) is 0 Å². The lowest BCUT2D eigenvalue weighted by Crippen LogP contribution is -2.30. The topological polar surface area (TPSA) is 92.2 Å². The monoisotopic (exact) mass is 255 g/mol. The summed E-state index contributed by atoms with van der Waals surface area (Å²) in [6.07, 6.45) is 0. The second-order valence-electron chi connectivity index (χ2n) is 4.39. The number of anilines is 2. The van der Waals surface area contributed by atoms with Crippen LogP contribution < -0.4 is 15.4 Å². The van der Waals surface area contributed by atoms with Crippen molar-refractivity contribution < 1.29 is 9.84 Å². The van der Waals surface area contributed by atoms with Gasteiger partial charge in [-0.2, -0.15) is 15.0 Å². The van der Waals surface area contributed by atoms with Crippen LogP contribution in [0.25, 0.3) is 0 Å². The van der Waals surface area contributed by atoms with Gasteiger partial charge in [-0.05, 0) is 27.7 Å². The van der Waals surface area contributed by atoms with Crippen LogP contribution in [0.4, 0.5) is 11.9 Å². The Morgan fingerprint density at radius 1 is 1.11 bits per heavy atom. The van der Waals surface area contributed by atoms with Gasteiger partial charge in [-0.3, -0.25) is 0 Å². The van der Waals surface area contributed by atoms with E-state index < -0.39 is 5.60 Å². The van der Waals surface area contributed by atoms with Gasteiger partial charge in [0.25, 0.3) is 0 Å². The predicted octanol–water partition coefficient (Wildman–Crippen LogP) is 0.885. The van der Waals surface area contributed by atoms with E-state index in [1.807, 2.05) is 13.8 Å². The fourth-order valence-electron chi connectivity index (χ4n) is 1.16. The van der Waals surface area contributed by atoms with Gasteiger partial charge in [-0.15, -0.1) is 0 Å². The molecular weight excluding hydrogens is 234 g/mol. The summed E-state index contributed by atoms with van der Waals surface area (Å²) in [5.74, 6) is 0.834. The predicted molar refractivity (Wildman–Crippen MR) is 69.9 cm³/mol. The summed E-state index contributed by atoms with van der Waals surface area (Å²) in [6, 6.07) is 0.265. The minimum Gasteiger partial charge on any atom is -0.464 e. The molecule has 1 heterocycles. The van der Waals surface area contributed by atoms with Crippen LogP contribution in [0.15, 0.2) is 0 Å². The number of nitrogens with one attached hydrogen (secondary N) is 2. The summed E-state index contributed by atoms with van der Waals surface area (Å²) in [6.45, 7) is 8.76. The van der Waals surface area contributed by atoms with Crippen LogP contribution in [0.1, 0.15) is 27.7 Å². The second kappa shape index (κ2) is 6.34. The molecule has 1 aromatic rings. The SMILES string of the molecule is CCNc1nc(NCC(C)(C)O)nc(OCC)n1. The van der Waals surface area contributed by atoms with Crippen molar-refractivity contribution in [2.24, 2.45) is 0 Å². The first kappa shape index (κ1) is 14.4. The van der Waals surface area contributed by atoms with Crippen molar-refractivity contribution in [1.29, 1.82) is 0 Å². The molecule has 0 aromatic carbocycles. The number of nitrogens with zero attached hydrogens (tertiary/aromatic N) is 3. The van der Waals surface area contributed by atoms with E-state index in [2.05, 4.69) is 25.6 Å². The van der Waals surface area contributed by atoms with Gasteiger partial charge in [0, 0.05) is 13.1 Å². The lowest BCUT2D eigenvalue weighted by atomic mass is 10.1. The zero-order valence-electron chi connectivity index (χ0n) is 11.3. The van der Waals surface area contributed by atoms with E-state index in [-0.39, 0.29) is 6.01 Å². The second-order valence-corrected chi connectivity index (χ2v) is 4.39. The van der Waals surface area contributed by atoms with E-state index in [1.54, 1.807) is 13.8 Å². The highest BCUT2D eigenvalue weighted by molar-refractivity contribution is 5.36. The Labute approximate surface area is 107 Å². The maximum absolute atomic E-state index is 9.64. The van der Waals surface area contributed by atoms with E-state index in [4.69, 9.17) is 4.74 Å². The summed E-state index contributed by atoms with van der Waals surface area (Å²) < 4.78 is 5.26. The largest absolute Gasteiger partial charge is 0.464 e. The molecule has 0 aliphatic carbocycles. The van der Waals surface area contributed by atoms with Crippen molar-refractivity contribution in [3.63, 3.8) is 0 Å². The maximum Gasteiger partial charge on any atom is 0.323 e. The Morgan fingerprint density at radius 3 is 2.22 bits per heavy atom. The highest BCUT2D eigenvalue weighted by atomic mass is 16.5. The van der Waals surface area contributed by atoms with Crippen LogP contribution in [0.3, 0.4) is 0 Å². The van der Waals surface area contributed by atoms with Gasteiger partial charge in [0.2, 0.25) is 11.9 Å². The number of rotatable bonds is 7. The van der Waals surface area contributed by atoms with Crippen LogP contribution in [0.2, 0.25) is 0 Å². The first-order valence-electron chi connectivity index (χ1n) is 6.03. The standard InChI is InChI=1S/C11H21N5O2/c1-5-12-8-14-9(13-7-11(3,4)17)16-10(15-8)18-6-2/h17H,5-7H2,1-4H3,(H2,12,13,14,15,16). The minimum absolute atomic E-state index is 0.265. The molecule has 0 saturated carbocycles. The molecule has 102 valence electrons. The molecule has 0 atom stereocenters. The van der Waals surface area contributed by atoms with E-state index in [0.29, 0.717) is 31.6 Å². The molecule has 7 heteroatoms. The van der Waals surface area contributed by atoms with Crippen LogP contribution in [-0.4, -0.2) is 45.4 Å². The van der Waals surface area contributed by atoms with E-state index in [1.165, 1.54) is 0 Å². The van der Waals surface area contributed by atoms with Gasteiger partial charge in [0.1, 0.15) is 0 Å². The van der Waals surface area contributed by atoms with E-state index in [9.17, 15) is 5.11 Å². The van der Waals surface area contributed by atoms with Gasteiger partial charge < -0.3 is 20.5 Å². The van der Waals surface area contributed by atoms with Crippen LogP contribution >= 0.6 is 0 Å². The molecule has 1 aromatic heterocycles. The van der Waals surface area contributed by atoms with Gasteiger partial charge in [-0.1, -0.05) is 0 Å². The molecule has 0 unspecified atom stereocenters. The molecule has 18 heavy (non-hydrogen) atoms. The summed E-state index contributed by atoms with van der Waals surface area (Å²) in [4.78, 5) is 12.4. The molecule has 0 spiro atoms. The van der Waals surface area contributed by atoms with Crippen molar-refractivity contribution in [3.8, 4) is 6.01 Å². The Balaban J connectivity index is 2.81. The third kappa shape index (κ3) is 5.13. The van der Waals surface area contributed by atoms with Crippen molar-refractivity contribution in [2.45, 2.75) is 33.3 Å². The number of aromatic nitrogens is 3. The molecule has 0 saturated heterocycles. The molecule has 0 amide bonds. The Kier molecular flexibility index (Phi) is 5.08. The van der Waals surface area contributed by atoms with Crippen molar-refractivity contribution >= 4 is 11.9 Å². The summed E-state index contributed by atoms with van der Waals surface area (Å²) >= 11 is 0. The lowest BCUT2D eigenvalue weighted by molar-refractivity contribution is 0.0943. The number of hydrogen-bond acceptors (Lipinski definition) is 7. The van der Waals surface area contributed by atoms with Gasteiger partial charge in [0.05, 0.1) is 12.2 Å². The first-order valence-corrected chi connectivity index (χ1v) is 6.03. The molecule has 0 bridgehead atoms. The summed E-state index contributed by atoms with van der Waals surface area (Å²) in [5, 5.41) is 15.6. The molecule has 1 rings (SSSR count). The molecule has 0 aliphatic rings. The first-order chi connectivity index (χ1) is 8.44. The average molecular weight is 255 g/mol. The third-order valence-corrected chi connectivity index (χ3v) is 1.90. The molecule has 0 fully saturated rings. The number of ether oxygens (including phenoxy) is 1. The molecule has 3 N–H and O–H groups in total. The Morgan fingerprint density at radius 2 is 1.72 bits per heavy atom.